The van der Waals surface area contributed by atoms with E-state index in [1.807, 2.05) is 0 Å². The summed E-state index contributed by atoms with van der Waals surface area (Å²) in [6.07, 6.45) is 0. The molecule has 0 saturated heterocycles. The Morgan fingerprint density at radius 3 is 1.08 bits per heavy atom. The zero-order valence-electron chi connectivity index (χ0n) is 48.5. The van der Waals surface area contributed by atoms with Crippen molar-refractivity contribution in [3.63, 3.8) is 0 Å². The van der Waals surface area contributed by atoms with Gasteiger partial charge in [0, 0.05) is 94.4 Å². The first-order valence-electron chi connectivity index (χ1n) is 30.3. The maximum Gasteiger partial charge on any atom is 0.235 e. The standard InChI is InChI=1S/C81H56N8/c1-7-25-56(26-8-1)85(57-27-9-2-10-28-57)63-43-47-69-66-37-19-22-40-75(66)84(78(69)52-63)55-74-72-51-62(89-77-42-24-21-39-68(77)71-48-44-64(53-80(71)89)86(58-29-11-3-12-30-58)59-31-13-4-14-32-59)46-50-73(72)82-81(83-74)87(60-33-15-5-16-34-60)65-45-49-70-67-38-20-23-41-76(67)88(79(70)54-65)61-35-17-6-18-36-61/h1-54H,55H2. The summed E-state index contributed by atoms with van der Waals surface area (Å²) in [5.41, 5.74) is 18.8. The van der Waals surface area contributed by atoms with Gasteiger partial charge in [0.15, 0.2) is 0 Å². The molecule has 89 heavy (non-hydrogen) atoms. The van der Waals surface area contributed by atoms with Crippen molar-refractivity contribution in [3.05, 3.63) is 333 Å². The van der Waals surface area contributed by atoms with Gasteiger partial charge >= 0.3 is 0 Å². The number of nitrogens with zero attached hydrogens (tertiary/aromatic N) is 8. The van der Waals surface area contributed by atoms with Crippen molar-refractivity contribution >= 4 is 128 Å². The maximum absolute atomic E-state index is 5.91. The number of para-hydroxylation sites is 9. The molecular formula is C81H56N8. The fraction of sp³-hybridized carbons (Fsp3) is 0.0123. The normalized spacial score (nSPS) is 11.6. The van der Waals surface area contributed by atoms with Crippen LogP contribution >= 0.6 is 0 Å². The van der Waals surface area contributed by atoms with Gasteiger partial charge in [-0.2, -0.15) is 0 Å². The molecule has 17 aromatic rings. The van der Waals surface area contributed by atoms with Gasteiger partial charge in [0.25, 0.3) is 0 Å². The van der Waals surface area contributed by atoms with E-state index in [1.54, 1.807) is 0 Å². The van der Waals surface area contributed by atoms with Gasteiger partial charge in [0.2, 0.25) is 5.95 Å². The number of benzene rings is 13. The van der Waals surface area contributed by atoms with Crippen molar-refractivity contribution in [3.8, 4) is 11.4 Å². The summed E-state index contributed by atoms with van der Waals surface area (Å²) >= 11 is 0. The Labute approximate surface area is 514 Å². The average molecular weight is 1140 g/mol. The minimum atomic E-state index is 0.434. The molecule has 0 bridgehead atoms. The first-order valence-corrected chi connectivity index (χ1v) is 30.3. The third-order valence-corrected chi connectivity index (χ3v) is 17.4. The lowest BCUT2D eigenvalue weighted by atomic mass is 10.1. The lowest BCUT2D eigenvalue weighted by molar-refractivity contribution is 0.837. The minimum absolute atomic E-state index is 0.434. The first-order chi connectivity index (χ1) is 44.2. The van der Waals surface area contributed by atoms with Crippen molar-refractivity contribution in [1.82, 2.24) is 23.7 Å². The highest BCUT2D eigenvalue weighted by molar-refractivity contribution is 6.13. The molecule has 0 amide bonds. The molecule has 0 spiro atoms. The zero-order chi connectivity index (χ0) is 58.8. The van der Waals surface area contributed by atoms with Crippen LogP contribution in [-0.4, -0.2) is 23.7 Å². The van der Waals surface area contributed by atoms with Crippen LogP contribution in [0.2, 0.25) is 0 Å². The molecule has 0 N–H and O–H groups in total. The van der Waals surface area contributed by atoms with Crippen LogP contribution in [0, 0.1) is 0 Å². The van der Waals surface area contributed by atoms with Gasteiger partial charge in [-0.3, -0.25) is 4.90 Å². The van der Waals surface area contributed by atoms with Gasteiger partial charge < -0.3 is 23.5 Å². The largest absolute Gasteiger partial charge is 0.334 e. The van der Waals surface area contributed by atoms with E-state index in [0.29, 0.717) is 12.5 Å². The number of hydrogen-bond donors (Lipinski definition) is 0. The van der Waals surface area contributed by atoms with E-state index < -0.39 is 0 Å². The Morgan fingerprint density at radius 2 is 0.596 bits per heavy atom. The number of aromatic nitrogens is 5. The van der Waals surface area contributed by atoms with Crippen molar-refractivity contribution < 1.29 is 0 Å². The molecule has 0 aliphatic rings. The Kier molecular flexibility index (Phi) is 12.4. The highest BCUT2D eigenvalue weighted by Gasteiger charge is 2.25. The maximum atomic E-state index is 5.91. The van der Waals surface area contributed by atoms with Crippen LogP contribution in [0.4, 0.5) is 51.4 Å². The number of anilines is 9. The molecule has 0 aliphatic carbocycles. The summed E-state index contributed by atoms with van der Waals surface area (Å²) < 4.78 is 7.26. The highest BCUT2D eigenvalue weighted by Crippen LogP contribution is 2.44. The fourth-order valence-corrected chi connectivity index (χ4v) is 13.5. The summed E-state index contributed by atoms with van der Waals surface area (Å²) in [4.78, 5) is 18.5. The Hall–Kier alpha value is -12.0. The van der Waals surface area contributed by atoms with E-state index in [4.69, 9.17) is 9.97 Å². The summed E-state index contributed by atoms with van der Waals surface area (Å²) in [5.74, 6) is 0.567. The molecule has 8 nitrogen and oxygen atoms in total. The van der Waals surface area contributed by atoms with Crippen molar-refractivity contribution in [2.24, 2.45) is 0 Å². The molecule has 0 radical (unpaired) electrons. The minimum Gasteiger partial charge on any atom is -0.334 e. The Balaban J connectivity index is 0.908. The van der Waals surface area contributed by atoms with E-state index in [1.165, 1.54) is 32.3 Å². The van der Waals surface area contributed by atoms with E-state index in [2.05, 4.69) is 356 Å². The van der Waals surface area contributed by atoms with Crippen molar-refractivity contribution in [2.45, 2.75) is 6.54 Å². The quantitative estimate of drug-likeness (QED) is 0.115. The monoisotopic (exact) mass is 1140 g/mol. The smallest absolute Gasteiger partial charge is 0.235 e. The molecule has 0 fully saturated rings. The second-order valence-electron chi connectivity index (χ2n) is 22.6. The third-order valence-electron chi connectivity index (χ3n) is 17.4. The van der Waals surface area contributed by atoms with Crippen LogP contribution in [0.25, 0.3) is 87.7 Å². The molecular weight excluding hydrogens is 1080 g/mol. The summed E-state index contributed by atoms with van der Waals surface area (Å²) in [7, 11) is 0. The summed E-state index contributed by atoms with van der Waals surface area (Å²) in [6, 6.07) is 117. The predicted molar refractivity (Wildman–Crippen MR) is 371 cm³/mol. The van der Waals surface area contributed by atoms with E-state index in [9.17, 15) is 0 Å². The third kappa shape index (κ3) is 8.84. The second-order valence-corrected chi connectivity index (χ2v) is 22.6. The predicted octanol–water partition coefficient (Wildman–Crippen LogP) is 21.4. The van der Waals surface area contributed by atoms with Gasteiger partial charge in [-0.05, 0) is 146 Å². The van der Waals surface area contributed by atoms with Crippen molar-refractivity contribution in [2.75, 3.05) is 14.7 Å². The van der Waals surface area contributed by atoms with E-state index in [-0.39, 0.29) is 0 Å². The first kappa shape index (κ1) is 51.4. The molecule has 0 unspecified atom stereocenters. The van der Waals surface area contributed by atoms with Gasteiger partial charge in [-0.1, -0.05) is 182 Å². The second kappa shape index (κ2) is 21.5. The SMILES string of the molecule is c1ccc(N(c2ccccc2)c2ccc3c4ccccc4n(Cc4nc(N(c5ccccc5)c5ccc6c7ccccc7n(-c7ccccc7)c6c5)nc5ccc(-n6c7ccccc7c7ccc(N(c8ccccc8)c8ccccc8)cc76)cc45)c3c2)cc1. The number of fused-ring (bicyclic) bond motifs is 10. The highest BCUT2D eigenvalue weighted by atomic mass is 15.3. The molecule has 0 saturated carbocycles. The van der Waals surface area contributed by atoms with Crippen LogP contribution in [0.5, 0.6) is 0 Å². The van der Waals surface area contributed by atoms with Gasteiger partial charge in [-0.15, -0.1) is 0 Å². The topological polar surface area (TPSA) is 50.3 Å². The van der Waals surface area contributed by atoms with E-state index >= 15 is 0 Å². The Morgan fingerprint density at radius 1 is 0.236 bits per heavy atom. The van der Waals surface area contributed by atoms with Crippen LogP contribution in [0.3, 0.4) is 0 Å². The molecule has 4 aromatic heterocycles. The van der Waals surface area contributed by atoms with Crippen molar-refractivity contribution in [1.29, 1.82) is 0 Å². The van der Waals surface area contributed by atoms with Crippen LogP contribution in [-0.2, 0) is 6.54 Å². The van der Waals surface area contributed by atoms with Gasteiger partial charge in [0.1, 0.15) is 0 Å². The van der Waals surface area contributed by atoms with Gasteiger partial charge in [0.05, 0.1) is 51.0 Å². The molecule has 4 heterocycles. The molecule has 420 valence electrons. The summed E-state index contributed by atoms with van der Waals surface area (Å²) in [6.45, 7) is 0.434. The van der Waals surface area contributed by atoms with Gasteiger partial charge in [-0.25, -0.2) is 9.97 Å². The molecule has 0 aliphatic heterocycles. The van der Waals surface area contributed by atoms with Crippen LogP contribution in [0.1, 0.15) is 5.69 Å². The molecule has 0 atom stereocenters. The lowest BCUT2D eigenvalue weighted by Gasteiger charge is -2.26. The van der Waals surface area contributed by atoms with Crippen LogP contribution < -0.4 is 14.7 Å². The lowest BCUT2D eigenvalue weighted by Crippen LogP contribution is -2.16. The molecule has 17 rings (SSSR count). The molecule has 13 aromatic carbocycles. The Bertz CT molecular complexity index is 5390. The van der Waals surface area contributed by atoms with E-state index in [0.717, 1.165) is 107 Å². The number of hydrogen-bond acceptors (Lipinski definition) is 5. The summed E-state index contributed by atoms with van der Waals surface area (Å²) in [5, 5.41) is 8.00. The average Bonchev–Trinajstić information content (AvgIpc) is 2.09. The molecule has 8 heteroatoms. The number of rotatable bonds is 13. The van der Waals surface area contributed by atoms with Crippen LogP contribution in [0.15, 0.2) is 328 Å². The fourth-order valence-electron chi connectivity index (χ4n) is 13.5. The zero-order valence-corrected chi connectivity index (χ0v) is 48.5.